The zero-order valence-electron chi connectivity index (χ0n) is 16.5. The topological polar surface area (TPSA) is 129 Å². The van der Waals surface area contributed by atoms with Gasteiger partial charge in [0.15, 0.2) is 5.16 Å². The minimum Gasteiger partial charge on any atom is -0.369 e. The summed E-state index contributed by atoms with van der Waals surface area (Å²) in [4.78, 5) is 21.7. The SMILES string of the molecule is CCC(=O)Nc1ccc(Sc2nc(NCCN)cc(NC3CC(C)=NN3)n2)cc1. The Balaban J connectivity index is 1.72. The minimum absolute atomic E-state index is 0.00608. The molecule has 9 nitrogen and oxygen atoms in total. The van der Waals surface area contributed by atoms with Crippen molar-refractivity contribution in [3.8, 4) is 0 Å². The quantitative estimate of drug-likeness (QED) is 0.396. The van der Waals surface area contributed by atoms with Crippen LogP contribution in [0.4, 0.5) is 17.3 Å². The first-order valence-corrected chi connectivity index (χ1v) is 10.3. The summed E-state index contributed by atoms with van der Waals surface area (Å²) < 4.78 is 0. The predicted octanol–water partition coefficient (Wildman–Crippen LogP) is 2.45. The van der Waals surface area contributed by atoms with Crippen molar-refractivity contribution in [2.24, 2.45) is 10.8 Å². The third-order valence-corrected chi connectivity index (χ3v) is 4.93. The lowest BCUT2D eigenvalue weighted by Crippen LogP contribution is -2.29. The molecule has 0 aliphatic carbocycles. The Bertz CT molecular complexity index is 871. The van der Waals surface area contributed by atoms with Crippen molar-refractivity contribution in [1.82, 2.24) is 15.4 Å². The number of benzene rings is 1. The van der Waals surface area contributed by atoms with E-state index >= 15 is 0 Å². The zero-order chi connectivity index (χ0) is 20.6. The maximum atomic E-state index is 11.5. The Hall–Kier alpha value is -2.85. The normalized spacial score (nSPS) is 15.4. The van der Waals surface area contributed by atoms with Gasteiger partial charge < -0.3 is 21.7 Å². The van der Waals surface area contributed by atoms with E-state index in [1.807, 2.05) is 44.2 Å². The van der Waals surface area contributed by atoms with Crippen LogP contribution in [0.5, 0.6) is 0 Å². The molecule has 2 heterocycles. The summed E-state index contributed by atoms with van der Waals surface area (Å²) >= 11 is 1.45. The van der Waals surface area contributed by atoms with Crippen LogP contribution in [0.2, 0.25) is 0 Å². The first-order valence-electron chi connectivity index (χ1n) is 9.51. The molecular formula is C19H26N8OS. The first kappa shape index (κ1) is 20.9. The van der Waals surface area contributed by atoms with Crippen molar-refractivity contribution >= 4 is 40.7 Å². The smallest absolute Gasteiger partial charge is 0.224 e. The zero-order valence-corrected chi connectivity index (χ0v) is 17.3. The molecule has 1 atom stereocenters. The van der Waals surface area contributed by atoms with Crippen LogP contribution in [-0.4, -0.2) is 40.8 Å². The first-order chi connectivity index (χ1) is 14.1. The molecule has 1 aromatic heterocycles. The Morgan fingerprint density at radius 1 is 1.28 bits per heavy atom. The molecular weight excluding hydrogens is 388 g/mol. The fraction of sp³-hybridized carbons (Fsp3) is 0.368. The number of nitrogens with zero attached hydrogens (tertiary/aromatic N) is 3. The molecule has 0 radical (unpaired) electrons. The van der Waals surface area contributed by atoms with E-state index in [-0.39, 0.29) is 12.1 Å². The van der Waals surface area contributed by atoms with Gasteiger partial charge in [-0.3, -0.25) is 10.2 Å². The molecule has 6 N–H and O–H groups in total. The van der Waals surface area contributed by atoms with Crippen molar-refractivity contribution in [1.29, 1.82) is 0 Å². The number of hydrogen-bond donors (Lipinski definition) is 5. The molecule has 29 heavy (non-hydrogen) atoms. The number of carbonyl (C=O) groups is 1. The standard InChI is InChI=1S/C19H26N8OS/c1-3-18(28)22-13-4-6-14(7-5-13)29-19-24-15(21-9-8-20)11-16(25-19)23-17-10-12(2)26-27-17/h4-7,11,17,27H,3,8-10,20H2,1-2H3,(H,22,28)(H2,21,23,24,25). The Kier molecular flexibility index (Phi) is 7.25. The number of rotatable bonds is 9. The highest BCUT2D eigenvalue weighted by Gasteiger charge is 2.16. The Morgan fingerprint density at radius 2 is 2.03 bits per heavy atom. The van der Waals surface area contributed by atoms with Gasteiger partial charge >= 0.3 is 0 Å². The highest BCUT2D eigenvalue weighted by Crippen LogP contribution is 2.28. The van der Waals surface area contributed by atoms with Gasteiger partial charge in [-0.1, -0.05) is 6.92 Å². The number of amides is 1. The van der Waals surface area contributed by atoms with Crippen LogP contribution < -0.4 is 27.1 Å². The number of carbonyl (C=O) groups excluding carboxylic acids is 1. The minimum atomic E-state index is -0.0112. The van der Waals surface area contributed by atoms with Gasteiger partial charge in [-0.05, 0) is 43.0 Å². The second-order valence-corrected chi connectivity index (χ2v) is 7.58. The molecule has 1 amide bonds. The maximum absolute atomic E-state index is 11.5. The van der Waals surface area contributed by atoms with E-state index < -0.39 is 0 Å². The molecule has 10 heteroatoms. The van der Waals surface area contributed by atoms with Gasteiger partial charge in [-0.25, -0.2) is 9.97 Å². The van der Waals surface area contributed by atoms with E-state index in [0.717, 1.165) is 22.7 Å². The lowest BCUT2D eigenvalue weighted by molar-refractivity contribution is -0.115. The monoisotopic (exact) mass is 414 g/mol. The molecule has 1 unspecified atom stereocenters. The third-order valence-electron chi connectivity index (χ3n) is 4.06. The molecule has 0 spiro atoms. The summed E-state index contributed by atoms with van der Waals surface area (Å²) in [7, 11) is 0. The van der Waals surface area contributed by atoms with Gasteiger partial charge in [0.1, 0.15) is 17.8 Å². The number of hydrogen-bond acceptors (Lipinski definition) is 9. The molecule has 0 bridgehead atoms. The van der Waals surface area contributed by atoms with Crippen LogP contribution >= 0.6 is 11.8 Å². The number of hydrazone groups is 1. The van der Waals surface area contributed by atoms with Crippen LogP contribution in [0.1, 0.15) is 26.7 Å². The molecule has 1 aromatic carbocycles. The summed E-state index contributed by atoms with van der Waals surface area (Å²) in [6, 6.07) is 9.46. The summed E-state index contributed by atoms with van der Waals surface area (Å²) in [6.45, 7) is 4.94. The fourth-order valence-corrected chi connectivity index (χ4v) is 3.40. The molecule has 1 aliphatic rings. The molecule has 0 saturated heterocycles. The maximum Gasteiger partial charge on any atom is 0.224 e. The van der Waals surface area contributed by atoms with Crippen LogP contribution in [0.15, 0.2) is 45.5 Å². The molecule has 0 saturated carbocycles. The summed E-state index contributed by atoms with van der Waals surface area (Å²) in [5.41, 5.74) is 10.5. The van der Waals surface area contributed by atoms with E-state index in [0.29, 0.717) is 36.3 Å². The summed E-state index contributed by atoms with van der Waals surface area (Å²) in [5, 5.41) is 14.2. The molecule has 154 valence electrons. The number of aromatic nitrogens is 2. The lowest BCUT2D eigenvalue weighted by Gasteiger charge is -2.15. The second kappa shape index (κ2) is 10.1. The molecule has 0 fully saturated rings. The van der Waals surface area contributed by atoms with Crippen molar-refractivity contribution in [2.45, 2.75) is 42.9 Å². The lowest BCUT2D eigenvalue weighted by atomic mass is 10.2. The average Bonchev–Trinajstić information content (AvgIpc) is 3.12. The highest BCUT2D eigenvalue weighted by atomic mass is 32.2. The van der Waals surface area contributed by atoms with Gasteiger partial charge in [0.2, 0.25) is 5.91 Å². The largest absolute Gasteiger partial charge is 0.369 e. The van der Waals surface area contributed by atoms with Crippen molar-refractivity contribution in [2.75, 3.05) is 29.0 Å². The van der Waals surface area contributed by atoms with Crippen LogP contribution in [0.25, 0.3) is 0 Å². The molecule has 3 rings (SSSR count). The third kappa shape index (κ3) is 6.33. The average molecular weight is 415 g/mol. The van der Waals surface area contributed by atoms with E-state index in [9.17, 15) is 4.79 Å². The number of nitrogens with two attached hydrogens (primary N) is 1. The van der Waals surface area contributed by atoms with Crippen molar-refractivity contribution < 1.29 is 4.79 Å². The van der Waals surface area contributed by atoms with Gasteiger partial charge in [0.05, 0.1) is 0 Å². The second-order valence-electron chi connectivity index (χ2n) is 6.54. The molecule has 1 aliphatic heterocycles. The number of anilines is 3. The van der Waals surface area contributed by atoms with E-state index in [2.05, 4.69) is 36.4 Å². The van der Waals surface area contributed by atoms with Gasteiger partial charge in [-0.15, -0.1) is 0 Å². The van der Waals surface area contributed by atoms with E-state index in [4.69, 9.17) is 5.73 Å². The van der Waals surface area contributed by atoms with Gasteiger partial charge in [-0.2, -0.15) is 5.10 Å². The summed E-state index contributed by atoms with van der Waals surface area (Å²) in [6.07, 6.45) is 1.26. The van der Waals surface area contributed by atoms with Gasteiger partial charge in [0.25, 0.3) is 0 Å². The summed E-state index contributed by atoms with van der Waals surface area (Å²) in [5.74, 6) is 1.40. The number of nitrogens with one attached hydrogen (secondary N) is 4. The van der Waals surface area contributed by atoms with Crippen molar-refractivity contribution in [3.63, 3.8) is 0 Å². The van der Waals surface area contributed by atoms with Crippen molar-refractivity contribution in [3.05, 3.63) is 30.3 Å². The Morgan fingerprint density at radius 3 is 2.69 bits per heavy atom. The fourth-order valence-electron chi connectivity index (χ4n) is 2.63. The van der Waals surface area contributed by atoms with Crippen LogP contribution in [-0.2, 0) is 4.79 Å². The Labute approximate surface area is 174 Å². The molecule has 2 aromatic rings. The van der Waals surface area contributed by atoms with Crippen LogP contribution in [0, 0.1) is 0 Å². The van der Waals surface area contributed by atoms with Gasteiger partial charge in [0, 0.05) is 48.3 Å². The predicted molar refractivity (Wildman–Crippen MR) is 117 cm³/mol. The van der Waals surface area contributed by atoms with Crippen LogP contribution in [0.3, 0.4) is 0 Å². The highest BCUT2D eigenvalue weighted by molar-refractivity contribution is 7.99. The van der Waals surface area contributed by atoms with E-state index in [1.54, 1.807) is 0 Å². The van der Waals surface area contributed by atoms with E-state index in [1.165, 1.54) is 11.8 Å².